The highest BCUT2D eigenvalue weighted by Crippen LogP contribution is 2.14. The lowest BCUT2D eigenvalue weighted by molar-refractivity contribution is 0.102. The van der Waals surface area contributed by atoms with Crippen LogP contribution in [0.1, 0.15) is 21.6 Å². The van der Waals surface area contributed by atoms with E-state index in [1.54, 1.807) is 25.3 Å². The molecule has 3 nitrogen and oxygen atoms in total. The molecule has 0 fully saturated rings. The molecule has 0 aliphatic heterocycles. The number of carbonyl (C=O) groups excluding carboxylic acids is 1. The first kappa shape index (κ1) is 12.2. The fourth-order valence-electron chi connectivity index (χ4n) is 1.52. The molecule has 0 spiro atoms. The van der Waals surface area contributed by atoms with E-state index in [-0.39, 0.29) is 11.7 Å². The van der Waals surface area contributed by atoms with Crippen LogP contribution in [-0.4, -0.2) is 10.9 Å². The third kappa shape index (κ3) is 2.71. The second kappa shape index (κ2) is 4.96. The lowest BCUT2D eigenvalue weighted by Crippen LogP contribution is -2.13. The lowest BCUT2D eigenvalue weighted by Gasteiger charge is -2.06. The van der Waals surface area contributed by atoms with Gasteiger partial charge in [0.1, 0.15) is 11.5 Å². The number of halogens is 1. The number of hydrogen-bond donors (Lipinski definition) is 1. The Hall–Kier alpha value is -2.23. The summed E-state index contributed by atoms with van der Waals surface area (Å²) in [4.78, 5) is 15.9. The van der Waals surface area contributed by atoms with Crippen LogP contribution in [0.3, 0.4) is 0 Å². The van der Waals surface area contributed by atoms with Crippen LogP contribution in [0, 0.1) is 19.7 Å². The van der Waals surface area contributed by atoms with Crippen molar-refractivity contribution in [2.75, 3.05) is 5.32 Å². The minimum atomic E-state index is -0.305. The van der Waals surface area contributed by atoms with Crippen LogP contribution in [0.5, 0.6) is 0 Å². The molecule has 2 rings (SSSR count). The minimum absolute atomic E-state index is 0.290. The molecular formula is C14H13FN2O. The Morgan fingerprint density at radius 2 is 2.00 bits per heavy atom. The van der Waals surface area contributed by atoms with Crippen molar-refractivity contribution in [1.29, 1.82) is 0 Å². The molecule has 0 saturated carbocycles. The van der Waals surface area contributed by atoms with Crippen LogP contribution >= 0.6 is 0 Å². The van der Waals surface area contributed by atoms with Gasteiger partial charge in [0.05, 0.1) is 0 Å². The Balaban J connectivity index is 2.16. The Bertz CT molecular complexity index is 579. The zero-order chi connectivity index (χ0) is 13.1. The predicted octanol–water partition coefficient (Wildman–Crippen LogP) is 3.09. The molecule has 1 N–H and O–H groups in total. The first-order chi connectivity index (χ1) is 8.56. The fourth-order valence-corrected chi connectivity index (χ4v) is 1.52. The summed E-state index contributed by atoms with van der Waals surface area (Å²) in [6.45, 7) is 3.55. The van der Waals surface area contributed by atoms with Gasteiger partial charge in [-0.2, -0.15) is 0 Å². The monoisotopic (exact) mass is 244 g/mol. The minimum Gasteiger partial charge on any atom is -0.321 e. The smallest absolute Gasteiger partial charge is 0.274 e. The molecular weight excluding hydrogens is 231 g/mol. The van der Waals surface area contributed by atoms with E-state index < -0.39 is 0 Å². The second-order valence-corrected chi connectivity index (χ2v) is 4.14. The largest absolute Gasteiger partial charge is 0.321 e. The van der Waals surface area contributed by atoms with E-state index in [4.69, 9.17) is 0 Å². The van der Waals surface area contributed by atoms with Gasteiger partial charge >= 0.3 is 0 Å². The average molecular weight is 244 g/mol. The number of carbonyl (C=O) groups is 1. The summed E-state index contributed by atoms with van der Waals surface area (Å²) in [5.41, 5.74) is 2.37. The number of rotatable bonds is 2. The molecule has 0 unspecified atom stereocenters. The topological polar surface area (TPSA) is 42.0 Å². The van der Waals surface area contributed by atoms with Crippen molar-refractivity contribution >= 4 is 11.6 Å². The summed E-state index contributed by atoms with van der Waals surface area (Å²) in [5.74, 6) is -0.595. The van der Waals surface area contributed by atoms with E-state index in [2.05, 4.69) is 10.3 Å². The number of aromatic nitrogens is 1. The maximum absolute atomic E-state index is 13.1. The van der Waals surface area contributed by atoms with Gasteiger partial charge in [0.25, 0.3) is 5.91 Å². The van der Waals surface area contributed by atoms with E-state index in [0.29, 0.717) is 16.9 Å². The molecule has 1 aromatic heterocycles. The third-order valence-electron chi connectivity index (χ3n) is 2.56. The summed E-state index contributed by atoms with van der Waals surface area (Å²) < 4.78 is 13.1. The Morgan fingerprint density at radius 3 is 2.61 bits per heavy atom. The van der Waals surface area contributed by atoms with Gasteiger partial charge in [0.15, 0.2) is 0 Å². The van der Waals surface area contributed by atoms with Crippen molar-refractivity contribution in [3.63, 3.8) is 0 Å². The first-order valence-corrected chi connectivity index (χ1v) is 5.56. The van der Waals surface area contributed by atoms with Crippen molar-refractivity contribution in [2.45, 2.75) is 13.8 Å². The Morgan fingerprint density at radius 1 is 1.22 bits per heavy atom. The van der Waals surface area contributed by atoms with Crippen LogP contribution < -0.4 is 5.32 Å². The van der Waals surface area contributed by atoms with Crippen LogP contribution in [0.2, 0.25) is 0 Å². The van der Waals surface area contributed by atoms with E-state index in [1.807, 2.05) is 13.0 Å². The number of nitrogens with one attached hydrogen (secondary N) is 1. The molecule has 1 heterocycles. The van der Waals surface area contributed by atoms with Crippen LogP contribution in [-0.2, 0) is 0 Å². The second-order valence-electron chi connectivity index (χ2n) is 4.14. The number of nitrogens with zero attached hydrogens (tertiary/aromatic N) is 1. The molecule has 2 aromatic rings. The van der Waals surface area contributed by atoms with E-state index >= 15 is 0 Å². The maximum atomic E-state index is 13.1. The summed E-state index contributed by atoms with van der Waals surface area (Å²) in [6, 6.07) is 7.90. The number of hydrogen-bond acceptors (Lipinski definition) is 2. The van der Waals surface area contributed by atoms with Gasteiger partial charge in [-0.3, -0.25) is 9.78 Å². The molecule has 92 valence electrons. The zero-order valence-corrected chi connectivity index (χ0v) is 10.2. The summed E-state index contributed by atoms with van der Waals surface area (Å²) in [6.07, 6.45) is 1.63. The Kier molecular flexibility index (Phi) is 3.37. The van der Waals surface area contributed by atoms with Crippen molar-refractivity contribution in [1.82, 2.24) is 4.98 Å². The lowest BCUT2D eigenvalue weighted by atomic mass is 10.2. The maximum Gasteiger partial charge on any atom is 0.274 e. The summed E-state index contributed by atoms with van der Waals surface area (Å²) in [7, 11) is 0. The van der Waals surface area contributed by atoms with Crippen molar-refractivity contribution in [2.24, 2.45) is 0 Å². The first-order valence-electron chi connectivity index (χ1n) is 5.56. The van der Waals surface area contributed by atoms with Gasteiger partial charge in [0.2, 0.25) is 0 Å². The van der Waals surface area contributed by atoms with Gasteiger partial charge in [0, 0.05) is 11.9 Å². The molecule has 0 saturated heterocycles. The van der Waals surface area contributed by atoms with E-state index in [1.165, 1.54) is 12.1 Å². The van der Waals surface area contributed by atoms with Crippen molar-refractivity contribution < 1.29 is 9.18 Å². The molecule has 4 heteroatoms. The molecule has 0 radical (unpaired) electrons. The van der Waals surface area contributed by atoms with Crippen LogP contribution in [0.25, 0.3) is 0 Å². The average Bonchev–Trinajstić information content (AvgIpc) is 2.34. The standard InChI is InChI=1S/C14H13FN2O/c1-9-3-6-13(16-8-9)14(18)17-11-4-5-12(15)10(2)7-11/h3-8H,1-2H3,(H,17,18). The highest BCUT2D eigenvalue weighted by Gasteiger charge is 2.08. The SMILES string of the molecule is Cc1ccc(C(=O)Nc2ccc(F)c(C)c2)nc1. The van der Waals surface area contributed by atoms with Crippen molar-refractivity contribution in [3.8, 4) is 0 Å². The van der Waals surface area contributed by atoms with Gasteiger partial charge in [-0.15, -0.1) is 0 Å². The fraction of sp³-hybridized carbons (Fsp3) is 0.143. The Labute approximate surface area is 105 Å². The molecule has 18 heavy (non-hydrogen) atoms. The number of anilines is 1. The van der Waals surface area contributed by atoms with Crippen LogP contribution in [0.4, 0.5) is 10.1 Å². The quantitative estimate of drug-likeness (QED) is 0.882. The number of aryl methyl sites for hydroxylation is 2. The molecule has 1 amide bonds. The van der Waals surface area contributed by atoms with Gasteiger partial charge in [-0.05, 0) is 49.2 Å². The summed E-state index contributed by atoms with van der Waals surface area (Å²) >= 11 is 0. The van der Waals surface area contributed by atoms with Crippen molar-refractivity contribution in [3.05, 3.63) is 59.2 Å². The highest BCUT2D eigenvalue weighted by molar-refractivity contribution is 6.02. The van der Waals surface area contributed by atoms with Crippen LogP contribution in [0.15, 0.2) is 36.5 Å². The molecule has 0 atom stereocenters. The summed E-state index contributed by atoms with van der Waals surface area (Å²) in [5, 5.41) is 2.68. The zero-order valence-electron chi connectivity index (χ0n) is 10.2. The van der Waals surface area contributed by atoms with Gasteiger partial charge in [-0.1, -0.05) is 6.07 Å². The van der Waals surface area contributed by atoms with Gasteiger partial charge < -0.3 is 5.32 Å². The molecule has 0 bridgehead atoms. The number of amides is 1. The molecule has 0 aliphatic rings. The number of pyridine rings is 1. The normalized spacial score (nSPS) is 10.2. The number of benzene rings is 1. The molecule has 0 aliphatic carbocycles. The van der Waals surface area contributed by atoms with Gasteiger partial charge in [-0.25, -0.2) is 4.39 Å². The highest BCUT2D eigenvalue weighted by atomic mass is 19.1. The predicted molar refractivity (Wildman–Crippen MR) is 68.1 cm³/mol. The third-order valence-corrected chi connectivity index (χ3v) is 2.56. The van der Waals surface area contributed by atoms with E-state index in [9.17, 15) is 9.18 Å². The molecule has 1 aromatic carbocycles. The van der Waals surface area contributed by atoms with E-state index in [0.717, 1.165) is 5.56 Å².